The van der Waals surface area contributed by atoms with Gasteiger partial charge in [0.05, 0.1) is 16.3 Å². The number of pyridine rings is 1. The zero-order valence-electron chi connectivity index (χ0n) is 17.2. The summed E-state index contributed by atoms with van der Waals surface area (Å²) < 4.78 is 5.92. The number of carbonyl (C=O) groups is 1. The summed E-state index contributed by atoms with van der Waals surface area (Å²) in [4.78, 5) is 27.3. The van der Waals surface area contributed by atoms with Crippen LogP contribution in [0.2, 0.25) is 0 Å². The number of methoxy groups -OCH3 is 1. The Morgan fingerprint density at radius 3 is 2.86 bits per heavy atom. The van der Waals surface area contributed by atoms with Crippen molar-refractivity contribution in [2.24, 2.45) is 5.92 Å². The molecule has 0 saturated heterocycles. The van der Waals surface area contributed by atoms with E-state index in [9.17, 15) is 4.79 Å². The largest absolute Gasteiger partial charge is 0.385 e. The Balaban J connectivity index is 1.81. The molecule has 0 unspecified atom stereocenters. The van der Waals surface area contributed by atoms with Crippen LogP contribution in [-0.4, -0.2) is 41.1 Å². The molecule has 0 aliphatic carbocycles. The summed E-state index contributed by atoms with van der Waals surface area (Å²) in [6, 6.07) is 5.83. The fourth-order valence-electron chi connectivity index (χ4n) is 2.95. The lowest BCUT2D eigenvalue weighted by Gasteiger charge is -2.15. The fourth-order valence-corrected chi connectivity index (χ4v) is 3.89. The average molecular weight is 414 g/mol. The van der Waals surface area contributed by atoms with Gasteiger partial charge in [0, 0.05) is 37.5 Å². The molecular formula is C21H27N5O2S. The maximum absolute atomic E-state index is 12.9. The van der Waals surface area contributed by atoms with Crippen LogP contribution < -0.4 is 10.6 Å². The Bertz CT molecular complexity index is 960. The Kier molecular flexibility index (Phi) is 7.11. The van der Waals surface area contributed by atoms with E-state index < -0.39 is 0 Å². The van der Waals surface area contributed by atoms with Crippen molar-refractivity contribution >= 4 is 33.4 Å². The van der Waals surface area contributed by atoms with Crippen molar-refractivity contribution in [2.75, 3.05) is 25.6 Å². The van der Waals surface area contributed by atoms with Crippen molar-refractivity contribution < 1.29 is 9.53 Å². The zero-order valence-corrected chi connectivity index (χ0v) is 18.0. The lowest BCUT2D eigenvalue weighted by molar-refractivity contribution is 0.0940. The van der Waals surface area contributed by atoms with Gasteiger partial charge in [-0.15, -0.1) is 11.3 Å². The molecule has 2 atom stereocenters. The monoisotopic (exact) mass is 413 g/mol. The zero-order chi connectivity index (χ0) is 20.8. The molecule has 0 saturated carbocycles. The molecule has 0 aliphatic rings. The number of thiophene rings is 1. The number of rotatable bonds is 9. The number of hydrogen-bond donors (Lipinski definition) is 2. The summed E-state index contributed by atoms with van der Waals surface area (Å²) in [6.45, 7) is 7.37. The third-order valence-corrected chi connectivity index (χ3v) is 5.71. The maximum Gasteiger partial charge on any atom is 0.271 e. The topological polar surface area (TPSA) is 89.0 Å². The van der Waals surface area contributed by atoms with Gasteiger partial charge in [-0.25, -0.2) is 9.97 Å². The van der Waals surface area contributed by atoms with Gasteiger partial charge in [-0.1, -0.05) is 13.0 Å². The quantitative estimate of drug-likeness (QED) is 0.552. The van der Waals surface area contributed by atoms with Crippen LogP contribution in [-0.2, 0) is 4.74 Å². The molecule has 0 aromatic carbocycles. The second kappa shape index (κ2) is 9.76. The van der Waals surface area contributed by atoms with E-state index in [2.05, 4.69) is 32.5 Å². The SMILES string of the molecule is COCC[C@@H](C)CNC(=O)c1nc(N[C@@H](C)c2cccnc2)nc2cc(C)sc12. The summed E-state index contributed by atoms with van der Waals surface area (Å²) in [5, 5.41) is 6.30. The van der Waals surface area contributed by atoms with Gasteiger partial charge in [-0.2, -0.15) is 0 Å². The molecule has 3 aromatic rings. The van der Waals surface area contributed by atoms with Gasteiger partial charge in [0.15, 0.2) is 5.69 Å². The van der Waals surface area contributed by atoms with E-state index in [1.807, 2.05) is 32.0 Å². The van der Waals surface area contributed by atoms with Crippen molar-refractivity contribution in [3.05, 3.63) is 46.7 Å². The number of nitrogens with zero attached hydrogens (tertiary/aromatic N) is 3. The van der Waals surface area contributed by atoms with Crippen LogP contribution in [0, 0.1) is 12.8 Å². The molecule has 0 fully saturated rings. The van der Waals surface area contributed by atoms with Crippen LogP contribution in [0.25, 0.3) is 10.2 Å². The summed E-state index contributed by atoms with van der Waals surface area (Å²) >= 11 is 1.54. The van der Waals surface area contributed by atoms with Gasteiger partial charge in [0.25, 0.3) is 5.91 Å². The summed E-state index contributed by atoms with van der Waals surface area (Å²) in [5.41, 5.74) is 2.21. The molecule has 0 spiro atoms. The van der Waals surface area contributed by atoms with Crippen LogP contribution >= 0.6 is 11.3 Å². The van der Waals surface area contributed by atoms with Gasteiger partial charge in [-0.3, -0.25) is 9.78 Å². The first-order valence-electron chi connectivity index (χ1n) is 9.69. The number of carbonyl (C=O) groups excluding carboxylic acids is 1. The molecule has 0 aliphatic heterocycles. The van der Waals surface area contributed by atoms with Crippen LogP contribution in [0.3, 0.4) is 0 Å². The molecule has 3 rings (SSSR count). The minimum Gasteiger partial charge on any atom is -0.385 e. The third kappa shape index (κ3) is 5.48. The number of fused-ring (bicyclic) bond motifs is 1. The minimum atomic E-state index is -0.180. The van der Waals surface area contributed by atoms with E-state index in [0.717, 1.165) is 27.1 Å². The number of hydrogen-bond acceptors (Lipinski definition) is 7. The van der Waals surface area contributed by atoms with Crippen LogP contribution in [0.15, 0.2) is 30.6 Å². The van der Waals surface area contributed by atoms with Crippen LogP contribution in [0.5, 0.6) is 0 Å². The van der Waals surface area contributed by atoms with Crippen molar-refractivity contribution in [3.63, 3.8) is 0 Å². The Morgan fingerprint density at radius 2 is 2.14 bits per heavy atom. The Hall–Kier alpha value is -2.58. The van der Waals surface area contributed by atoms with E-state index in [1.165, 1.54) is 11.3 Å². The van der Waals surface area contributed by atoms with Crippen molar-refractivity contribution in [1.82, 2.24) is 20.3 Å². The fraction of sp³-hybridized carbons (Fsp3) is 0.429. The minimum absolute atomic E-state index is 0.0362. The second-order valence-corrected chi connectivity index (χ2v) is 8.47. The highest BCUT2D eigenvalue weighted by molar-refractivity contribution is 7.19. The summed E-state index contributed by atoms with van der Waals surface area (Å²) in [7, 11) is 1.68. The first-order chi connectivity index (χ1) is 14.0. The molecule has 0 bridgehead atoms. The standard InChI is InChI=1S/C21H27N5O2S/c1-13(7-9-28-4)11-23-20(27)18-19-17(10-14(2)29-19)25-21(26-18)24-15(3)16-6-5-8-22-12-16/h5-6,8,10,12-13,15H,7,9,11H2,1-4H3,(H,23,27)(H,24,25,26)/t13-,15+/m1/s1. The van der Waals surface area contributed by atoms with E-state index >= 15 is 0 Å². The Labute approximate surface area is 174 Å². The Morgan fingerprint density at radius 1 is 1.31 bits per heavy atom. The van der Waals surface area contributed by atoms with Crippen molar-refractivity contribution in [2.45, 2.75) is 33.2 Å². The molecule has 7 nitrogen and oxygen atoms in total. The summed E-state index contributed by atoms with van der Waals surface area (Å²) in [6.07, 6.45) is 4.44. The first-order valence-corrected chi connectivity index (χ1v) is 10.5. The molecule has 3 heterocycles. The van der Waals surface area contributed by atoms with Crippen LogP contribution in [0.4, 0.5) is 5.95 Å². The number of aryl methyl sites for hydroxylation is 1. The van der Waals surface area contributed by atoms with Gasteiger partial charge >= 0.3 is 0 Å². The molecular weight excluding hydrogens is 386 g/mol. The van der Waals surface area contributed by atoms with E-state index in [4.69, 9.17) is 4.74 Å². The van der Waals surface area contributed by atoms with Crippen molar-refractivity contribution in [1.29, 1.82) is 0 Å². The molecule has 29 heavy (non-hydrogen) atoms. The molecule has 3 aromatic heterocycles. The van der Waals surface area contributed by atoms with E-state index in [-0.39, 0.29) is 11.9 Å². The smallest absolute Gasteiger partial charge is 0.271 e. The lowest BCUT2D eigenvalue weighted by atomic mass is 10.1. The predicted molar refractivity (Wildman–Crippen MR) is 116 cm³/mol. The van der Waals surface area contributed by atoms with Gasteiger partial charge < -0.3 is 15.4 Å². The molecule has 2 N–H and O–H groups in total. The van der Waals surface area contributed by atoms with Crippen molar-refractivity contribution in [3.8, 4) is 0 Å². The van der Waals surface area contributed by atoms with Gasteiger partial charge in [0.1, 0.15) is 0 Å². The maximum atomic E-state index is 12.9. The molecule has 0 radical (unpaired) electrons. The number of ether oxygens (including phenoxy) is 1. The number of aromatic nitrogens is 3. The molecule has 8 heteroatoms. The van der Waals surface area contributed by atoms with Crippen LogP contribution in [0.1, 0.15) is 47.2 Å². The highest BCUT2D eigenvalue weighted by Crippen LogP contribution is 2.28. The van der Waals surface area contributed by atoms with E-state index in [1.54, 1.807) is 19.5 Å². The summed E-state index contributed by atoms with van der Waals surface area (Å²) in [5.74, 6) is 0.578. The lowest BCUT2D eigenvalue weighted by Crippen LogP contribution is -2.29. The highest BCUT2D eigenvalue weighted by atomic mass is 32.1. The second-order valence-electron chi connectivity index (χ2n) is 7.22. The van der Waals surface area contributed by atoms with E-state index in [0.29, 0.717) is 30.7 Å². The number of anilines is 1. The first kappa shape index (κ1) is 21.1. The highest BCUT2D eigenvalue weighted by Gasteiger charge is 2.19. The molecule has 154 valence electrons. The average Bonchev–Trinajstić information content (AvgIpc) is 3.10. The molecule has 1 amide bonds. The number of nitrogens with one attached hydrogen (secondary N) is 2. The van der Waals surface area contributed by atoms with Gasteiger partial charge in [0.2, 0.25) is 5.95 Å². The predicted octanol–water partition coefficient (Wildman–Crippen LogP) is 3.97. The number of amides is 1. The van der Waals surface area contributed by atoms with Gasteiger partial charge in [-0.05, 0) is 43.9 Å². The normalized spacial score (nSPS) is 13.2. The third-order valence-electron chi connectivity index (χ3n) is 4.67.